The lowest BCUT2D eigenvalue weighted by atomic mass is 10.2. The predicted octanol–water partition coefficient (Wildman–Crippen LogP) is 1.39. The zero-order chi connectivity index (χ0) is 13.7. The van der Waals surface area contributed by atoms with Crippen molar-refractivity contribution in [3.8, 4) is 0 Å². The molecule has 1 aromatic rings. The van der Waals surface area contributed by atoms with Gasteiger partial charge in [0, 0.05) is 13.1 Å². The number of anilines is 1. The lowest BCUT2D eigenvalue weighted by Crippen LogP contribution is -2.24. The topological polar surface area (TPSA) is 85.0 Å². The van der Waals surface area contributed by atoms with Gasteiger partial charge in [-0.2, -0.15) is 5.10 Å². The van der Waals surface area contributed by atoms with Crippen LogP contribution in [0.25, 0.3) is 0 Å². The average molecular weight is 255 g/mol. The van der Waals surface area contributed by atoms with Gasteiger partial charge in [-0.15, -0.1) is 0 Å². The highest BCUT2D eigenvalue weighted by atomic mass is 16.6. The van der Waals surface area contributed by atoms with Crippen LogP contribution in [-0.2, 0) is 6.54 Å². The van der Waals surface area contributed by atoms with E-state index in [1.165, 1.54) is 0 Å². The Labute approximate surface area is 107 Å². The Bertz CT molecular complexity index is 416. The van der Waals surface area contributed by atoms with E-state index in [-0.39, 0.29) is 10.6 Å². The van der Waals surface area contributed by atoms with E-state index in [1.54, 1.807) is 11.6 Å². The maximum absolute atomic E-state index is 11.0. The molecular formula is C11H21N5O2. The minimum atomic E-state index is -0.375. The fraction of sp³-hybridized carbons (Fsp3) is 0.727. The first-order valence-corrected chi connectivity index (χ1v) is 6.11. The molecule has 0 aromatic carbocycles. The van der Waals surface area contributed by atoms with Crippen LogP contribution in [0.1, 0.15) is 19.5 Å². The Morgan fingerprint density at radius 1 is 1.50 bits per heavy atom. The third-order valence-corrected chi connectivity index (χ3v) is 2.75. The minimum Gasteiger partial charge on any atom is -0.364 e. The average Bonchev–Trinajstić information content (AvgIpc) is 2.63. The minimum absolute atomic E-state index is 0.0773. The molecule has 1 unspecified atom stereocenters. The van der Waals surface area contributed by atoms with E-state index < -0.39 is 0 Å². The van der Waals surface area contributed by atoms with Crippen molar-refractivity contribution in [1.82, 2.24) is 15.1 Å². The van der Waals surface area contributed by atoms with Crippen molar-refractivity contribution < 1.29 is 4.92 Å². The summed E-state index contributed by atoms with van der Waals surface area (Å²) in [6.07, 6.45) is 0. The number of rotatable bonds is 7. The third kappa shape index (κ3) is 3.19. The van der Waals surface area contributed by atoms with Gasteiger partial charge in [0.1, 0.15) is 5.69 Å². The largest absolute Gasteiger partial charge is 0.364 e. The molecule has 7 nitrogen and oxygen atoms in total. The van der Waals surface area contributed by atoms with E-state index in [0.29, 0.717) is 30.5 Å². The van der Waals surface area contributed by atoms with Crippen LogP contribution in [-0.4, -0.2) is 34.8 Å². The summed E-state index contributed by atoms with van der Waals surface area (Å²) in [4.78, 5) is 10.7. The summed E-state index contributed by atoms with van der Waals surface area (Å²) in [5, 5.41) is 21.4. The lowest BCUT2D eigenvalue weighted by molar-refractivity contribution is -0.384. The fourth-order valence-electron chi connectivity index (χ4n) is 1.89. The molecule has 18 heavy (non-hydrogen) atoms. The molecule has 2 N–H and O–H groups in total. The van der Waals surface area contributed by atoms with Crippen LogP contribution in [0.5, 0.6) is 0 Å². The van der Waals surface area contributed by atoms with Gasteiger partial charge < -0.3 is 10.6 Å². The Hall–Kier alpha value is -1.63. The first kappa shape index (κ1) is 14.4. The van der Waals surface area contributed by atoms with Crippen molar-refractivity contribution in [1.29, 1.82) is 0 Å². The molecule has 1 heterocycles. The zero-order valence-corrected chi connectivity index (χ0v) is 11.4. The molecule has 0 saturated carbocycles. The molecule has 0 spiro atoms. The number of hydrogen-bond acceptors (Lipinski definition) is 5. The Balaban J connectivity index is 2.88. The second kappa shape index (κ2) is 6.34. The number of aryl methyl sites for hydroxylation is 2. The number of nitrogens with one attached hydrogen (secondary N) is 2. The van der Waals surface area contributed by atoms with Gasteiger partial charge in [0.05, 0.1) is 4.92 Å². The lowest BCUT2D eigenvalue weighted by Gasteiger charge is -2.13. The zero-order valence-electron chi connectivity index (χ0n) is 11.4. The standard InChI is InChI=1S/C11H21N5O2/c1-5-15-11(13-7-8(2)6-12-4)10(16(17)18)9(3)14-15/h8,12-13H,5-7H2,1-4H3. The summed E-state index contributed by atoms with van der Waals surface area (Å²) in [7, 11) is 1.89. The quantitative estimate of drug-likeness (QED) is 0.568. The normalized spacial score (nSPS) is 12.4. The van der Waals surface area contributed by atoms with Crippen LogP contribution in [0, 0.1) is 23.0 Å². The van der Waals surface area contributed by atoms with Gasteiger partial charge >= 0.3 is 5.69 Å². The monoisotopic (exact) mass is 255 g/mol. The highest BCUT2D eigenvalue weighted by Gasteiger charge is 2.24. The molecule has 0 radical (unpaired) electrons. The second-order valence-electron chi connectivity index (χ2n) is 4.40. The van der Waals surface area contributed by atoms with Gasteiger partial charge in [0.25, 0.3) is 0 Å². The molecule has 102 valence electrons. The highest BCUT2D eigenvalue weighted by Crippen LogP contribution is 2.28. The molecule has 0 saturated heterocycles. The molecule has 1 aromatic heterocycles. The van der Waals surface area contributed by atoms with Gasteiger partial charge in [0.2, 0.25) is 5.82 Å². The van der Waals surface area contributed by atoms with E-state index in [2.05, 4.69) is 22.7 Å². The molecule has 1 atom stereocenters. The van der Waals surface area contributed by atoms with Crippen molar-refractivity contribution in [2.24, 2.45) is 5.92 Å². The van der Waals surface area contributed by atoms with Crippen molar-refractivity contribution in [2.45, 2.75) is 27.3 Å². The van der Waals surface area contributed by atoms with Gasteiger partial charge in [0.15, 0.2) is 0 Å². The Kier molecular flexibility index (Phi) is 5.08. The Morgan fingerprint density at radius 3 is 2.67 bits per heavy atom. The van der Waals surface area contributed by atoms with Crippen LogP contribution < -0.4 is 10.6 Å². The number of nitrogens with zero attached hydrogens (tertiary/aromatic N) is 3. The maximum atomic E-state index is 11.0. The molecule has 0 aliphatic rings. The van der Waals surface area contributed by atoms with Gasteiger partial charge in [-0.3, -0.25) is 10.1 Å². The van der Waals surface area contributed by atoms with Crippen LogP contribution in [0.3, 0.4) is 0 Å². The van der Waals surface area contributed by atoms with Crippen molar-refractivity contribution in [2.75, 3.05) is 25.5 Å². The number of hydrogen-bond donors (Lipinski definition) is 2. The highest BCUT2D eigenvalue weighted by molar-refractivity contribution is 5.59. The fourth-order valence-corrected chi connectivity index (χ4v) is 1.89. The van der Waals surface area contributed by atoms with Crippen molar-refractivity contribution >= 4 is 11.5 Å². The summed E-state index contributed by atoms with van der Waals surface area (Å²) in [6.45, 7) is 7.80. The molecule has 0 fully saturated rings. The maximum Gasteiger partial charge on any atom is 0.333 e. The summed E-state index contributed by atoms with van der Waals surface area (Å²) in [5.41, 5.74) is 0.527. The summed E-state index contributed by atoms with van der Waals surface area (Å²) in [6, 6.07) is 0. The first-order chi connectivity index (χ1) is 8.51. The van der Waals surface area contributed by atoms with Crippen LogP contribution in [0.15, 0.2) is 0 Å². The third-order valence-electron chi connectivity index (χ3n) is 2.75. The summed E-state index contributed by atoms with van der Waals surface area (Å²) in [5.74, 6) is 0.887. The van der Waals surface area contributed by atoms with Crippen molar-refractivity contribution in [3.05, 3.63) is 15.8 Å². The SMILES string of the molecule is CCn1nc(C)c([N+](=O)[O-])c1NCC(C)CNC. The van der Waals surface area contributed by atoms with E-state index in [4.69, 9.17) is 0 Å². The van der Waals surface area contributed by atoms with Gasteiger partial charge in [-0.1, -0.05) is 6.92 Å². The molecule has 7 heteroatoms. The molecule has 0 bridgehead atoms. The number of aromatic nitrogens is 2. The molecule has 0 aliphatic carbocycles. The van der Waals surface area contributed by atoms with Crippen LogP contribution in [0.4, 0.5) is 11.5 Å². The molecular weight excluding hydrogens is 234 g/mol. The second-order valence-corrected chi connectivity index (χ2v) is 4.40. The van der Waals surface area contributed by atoms with Gasteiger partial charge in [-0.25, -0.2) is 4.68 Å². The predicted molar refractivity (Wildman–Crippen MR) is 70.9 cm³/mol. The molecule has 0 aliphatic heterocycles. The van der Waals surface area contributed by atoms with Gasteiger partial charge in [-0.05, 0) is 33.4 Å². The first-order valence-electron chi connectivity index (χ1n) is 6.11. The Morgan fingerprint density at radius 2 is 2.17 bits per heavy atom. The van der Waals surface area contributed by atoms with E-state index in [0.717, 1.165) is 6.54 Å². The molecule has 1 rings (SSSR count). The van der Waals surface area contributed by atoms with E-state index in [1.807, 2.05) is 14.0 Å². The van der Waals surface area contributed by atoms with Crippen LogP contribution >= 0.6 is 0 Å². The molecule has 0 amide bonds. The van der Waals surface area contributed by atoms with E-state index in [9.17, 15) is 10.1 Å². The number of nitro groups is 1. The smallest absolute Gasteiger partial charge is 0.333 e. The van der Waals surface area contributed by atoms with Crippen LogP contribution in [0.2, 0.25) is 0 Å². The van der Waals surface area contributed by atoms with E-state index >= 15 is 0 Å². The summed E-state index contributed by atoms with van der Waals surface area (Å²) < 4.78 is 1.64. The van der Waals surface area contributed by atoms with Crippen molar-refractivity contribution in [3.63, 3.8) is 0 Å². The summed E-state index contributed by atoms with van der Waals surface area (Å²) >= 11 is 0.